The average molecular weight is 323 g/mol. The lowest BCUT2D eigenvalue weighted by Crippen LogP contribution is -2.41. The predicted octanol–water partition coefficient (Wildman–Crippen LogP) is 1.29. The Morgan fingerprint density at radius 1 is 1.05 bits per heavy atom. The predicted molar refractivity (Wildman–Crippen MR) is 62.0 cm³/mol. The molecule has 6 nitrogen and oxygen atoms in total. The number of carbonyl (C=O) groups excluding carboxylic acids is 1. The fourth-order valence-corrected chi connectivity index (χ4v) is 1.50. The molecular formula is C12H9F4NO5. The molecule has 0 aliphatic carbocycles. The van der Waals surface area contributed by atoms with Gasteiger partial charge in [-0.15, -0.1) is 0 Å². The van der Waals surface area contributed by atoms with Gasteiger partial charge in [-0.2, -0.15) is 0 Å². The van der Waals surface area contributed by atoms with E-state index in [0.717, 1.165) is 0 Å². The molecule has 0 aliphatic heterocycles. The highest BCUT2D eigenvalue weighted by Gasteiger charge is 2.27. The normalized spacial score (nSPS) is 11.8. The van der Waals surface area contributed by atoms with E-state index in [1.807, 2.05) is 0 Å². The number of carboxylic acids is 2. The first-order valence-corrected chi connectivity index (χ1v) is 5.73. The molecule has 3 N–H and O–H groups in total. The Kier molecular flexibility index (Phi) is 5.44. The Morgan fingerprint density at radius 2 is 1.64 bits per heavy atom. The lowest BCUT2D eigenvalue weighted by Gasteiger charge is -2.14. The number of halogens is 4. The minimum absolute atomic E-state index is 0.0686. The molecule has 0 aromatic heterocycles. The average Bonchev–Trinajstić information content (AvgIpc) is 2.44. The number of hydrogen-bond acceptors (Lipinski definition) is 3. The standard InChI is InChI=1S/C12H9F4NO5/c13-5-3-4(8(14)10(16)9(5)15)11(20)17-6(12(21)22)1-2-7(18)19/h3,6H,1-2H2,(H,17,20)(H,18,19)(H,21,22)/t6-/m0/s1. The highest BCUT2D eigenvalue weighted by atomic mass is 19.2. The van der Waals surface area contributed by atoms with E-state index in [-0.39, 0.29) is 6.07 Å². The number of carboxylic acid groups (broad SMARTS) is 2. The minimum atomic E-state index is -2.22. The zero-order chi connectivity index (χ0) is 17.0. The molecular weight excluding hydrogens is 314 g/mol. The third-order valence-corrected chi connectivity index (χ3v) is 2.60. The van der Waals surface area contributed by atoms with Gasteiger partial charge in [0.15, 0.2) is 23.3 Å². The van der Waals surface area contributed by atoms with Crippen LogP contribution in [-0.2, 0) is 9.59 Å². The topological polar surface area (TPSA) is 104 Å². The zero-order valence-electron chi connectivity index (χ0n) is 10.7. The maximum Gasteiger partial charge on any atom is 0.326 e. The molecule has 1 aromatic rings. The van der Waals surface area contributed by atoms with E-state index in [2.05, 4.69) is 0 Å². The van der Waals surface area contributed by atoms with Crippen molar-refractivity contribution >= 4 is 17.8 Å². The van der Waals surface area contributed by atoms with Gasteiger partial charge >= 0.3 is 11.9 Å². The molecule has 0 spiro atoms. The van der Waals surface area contributed by atoms with Crippen LogP contribution in [0.5, 0.6) is 0 Å². The molecule has 0 bridgehead atoms. The minimum Gasteiger partial charge on any atom is -0.481 e. The number of hydrogen-bond donors (Lipinski definition) is 3. The van der Waals surface area contributed by atoms with Crippen LogP contribution in [0, 0.1) is 23.3 Å². The largest absolute Gasteiger partial charge is 0.481 e. The van der Waals surface area contributed by atoms with Gasteiger partial charge in [-0.3, -0.25) is 9.59 Å². The zero-order valence-corrected chi connectivity index (χ0v) is 10.7. The highest BCUT2D eigenvalue weighted by molar-refractivity contribution is 5.97. The molecule has 0 heterocycles. The maximum absolute atomic E-state index is 13.4. The van der Waals surface area contributed by atoms with Crippen LogP contribution in [0.4, 0.5) is 17.6 Å². The van der Waals surface area contributed by atoms with E-state index in [9.17, 15) is 31.9 Å². The van der Waals surface area contributed by atoms with Gasteiger partial charge < -0.3 is 15.5 Å². The molecule has 120 valence electrons. The second kappa shape index (κ2) is 6.87. The second-order valence-electron chi connectivity index (χ2n) is 4.14. The third kappa shape index (κ3) is 3.93. The number of aliphatic carboxylic acids is 2. The van der Waals surface area contributed by atoms with Crippen molar-refractivity contribution in [2.45, 2.75) is 18.9 Å². The van der Waals surface area contributed by atoms with Gasteiger partial charge in [0.25, 0.3) is 5.91 Å². The first-order chi connectivity index (χ1) is 10.1. The van der Waals surface area contributed by atoms with E-state index in [1.165, 1.54) is 0 Å². The van der Waals surface area contributed by atoms with Crippen LogP contribution in [0.15, 0.2) is 6.07 Å². The Hall–Kier alpha value is -2.65. The molecule has 0 fully saturated rings. The van der Waals surface area contributed by atoms with Gasteiger partial charge in [-0.25, -0.2) is 22.4 Å². The van der Waals surface area contributed by atoms with Crippen molar-refractivity contribution in [2.24, 2.45) is 0 Å². The van der Waals surface area contributed by atoms with Crippen LogP contribution in [0.1, 0.15) is 23.2 Å². The van der Waals surface area contributed by atoms with E-state index in [0.29, 0.717) is 0 Å². The van der Waals surface area contributed by atoms with Crippen molar-refractivity contribution in [3.63, 3.8) is 0 Å². The molecule has 0 radical (unpaired) electrons. The van der Waals surface area contributed by atoms with E-state index < -0.39 is 65.6 Å². The van der Waals surface area contributed by atoms with Crippen LogP contribution >= 0.6 is 0 Å². The molecule has 0 saturated heterocycles. The summed E-state index contributed by atoms with van der Waals surface area (Å²) in [7, 11) is 0. The Bertz CT molecular complexity index is 634. The van der Waals surface area contributed by atoms with Crippen LogP contribution in [-0.4, -0.2) is 34.1 Å². The fraction of sp³-hybridized carbons (Fsp3) is 0.250. The smallest absolute Gasteiger partial charge is 0.326 e. The molecule has 22 heavy (non-hydrogen) atoms. The van der Waals surface area contributed by atoms with Crippen molar-refractivity contribution in [3.8, 4) is 0 Å². The first-order valence-electron chi connectivity index (χ1n) is 5.73. The summed E-state index contributed by atoms with van der Waals surface area (Å²) in [4.78, 5) is 32.8. The molecule has 1 rings (SSSR count). The van der Waals surface area contributed by atoms with Crippen LogP contribution in [0.3, 0.4) is 0 Å². The summed E-state index contributed by atoms with van der Waals surface area (Å²) in [5.74, 6) is -12.6. The number of amides is 1. The van der Waals surface area contributed by atoms with Crippen LogP contribution < -0.4 is 5.32 Å². The van der Waals surface area contributed by atoms with Crippen molar-refractivity contribution in [3.05, 3.63) is 34.9 Å². The van der Waals surface area contributed by atoms with Gasteiger partial charge in [0.2, 0.25) is 0 Å². The summed E-state index contributed by atoms with van der Waals surface area (Å²) in [6.07, 6.45) is -1.16. The molecule has 0 saturated carbocycles. The number of nitrogens with one attached hydrogen (secondary N) is 1. The molecule has 0 unspecified atom stereocenters. The van der Waals surface area contributed by atoms with Crippen LogP contribution in [0.25, 0.3) is 0 Å². The SMILES string of the molecule is O=C(O)CC[C@H](NC(=O)c1cc(F)c(F)c(F)c1F)C(=O)O. The van der Waals surface area contributed by atoms with Gasteiger partial charge in [0.05, 0.1) is 5.56 Å². The number of benzene rings is 1. The van der Waals surface area contributed by atoms with Crippen molar-refractivity contribution < 1.29 is 42.2 Å². The van der Waals surface area contributed by atoms with Crippen LogP contribution in [0.2, 0.25) is 0 Å². The molecule has 0 aliphatic rings. The third-order valence-electron chi connectivity index (χ3n) is 2.60. The van der Waals surface area contributed by atoms with Gasteiger partial charge in [0, 0.05) is 6.42 Å². The Labute approximate surface area is 120 Å². The monoisotopic (exact) mass is 323 g/mol. The van der Waals surface area contributed by atoms with Gasteiger partial charge in [-0.1, -0.05) is 0 Å². The molecule has 10 heteroatoms. The van der Waals surface area contributed by atoms with E-state index in [4.69, 9.17) is 10.2 Å². The Morgan fingerprint density at radius 3 is 2.14 bits per heavy atom. The second-order valence-corrected chi connectivity index (χ2v) is 4.14. The summed E-state index contributed by atoms with van der Waals surface area (Å²) < 4.78 is 52.1. The van der Waals surface area contributed by atoms with Gasteiger partial charge in [-0.05, 0) is 12.5 Å². The summed E-state index contributed by atoms with van der Waals surface area (Å²) >= 11 is 0. The molecule has 1 aromatic carbocycles. The number of carbonyl (C=O) groups is 3. The van der Waals surface area contributed by atoms with Crippen molar-refractivity contribution in [1.82, 2.24) is 5.32 Å². The van der Waals surface area contributed by atoms with E-state index in [1.54, 1.807) is 5.32 Å². The van der Waals surface area contributed by atoms with Crippen molar-refractivity contribution in [1.29, 1.82) is 0 Å². The first kappa shape index (κ1) is 17.4. The summed E-state index contributed by atoms with van der Waals surface area (Å²) in [6.45, 7) is 0. The molecule has 1 amide bonds. The Balaban J connectivity index is 3.00. The summed E-state index contributed by atoms with van der Waals surface area (Å²) in [6, 6.07) is -1.65. The molecule has 1 atom stereocenters. The quantitative estimate of drug-likeness (QED) is 0.416. The fourth-order valence-electron chi connectivity index (χ4n) is 1.50. The lowest BCUT2D eigenvalue weighted by molar-refractivity contribution is -0.140. The highest BCUT2D eigenvalue weighted by Crippen LogP contribution is 2.19. The maximum atomic E-state index is 13.4. The van der Waals surface area contributed by atoms with Crippen molar-refractivity contribution in [2.75, 3.05) is 0 Å². The van der Waals surface area contributed by atoms with E-state index >= 15 is 0 Å². The van der Waals surface area contributed by atoms with Gasteiger partial charge in [0.1, 0.15) is 6.04 Å². The number of rotatable bonds is 6. The summed E-state index contributed by atoms with van der Waals surface area (Å²) in [5, 5.41) is 18.9. The summed E-state index contributed by atoms with van der Waals surface area (Å²) in [5.41, 5.74) is -1.24. The lowest BCUT2D eigenvalue weighted by atomic mass is 10.1.